The van der Waals surface area contributed by atoms with E-state index in [9.17, 15) is 4.79 Å². The smallest absolute Gasteiger partial charge is 0.315 e. The van der Waals surface area contributed by atoms with Gasteiger partial charge in [0, 0.05) is 26.1 Å². The van der Waals surface area contributed by atoms with Gasteiger partial charge in [-0.1, -0.05) is 5.10 Å². The van der Waals surface area contributed by atoms with Crippen LogP contribution in [0.3, 0.4) is 0 Å². The summed E-state index contributed by atoms with van der Waals surface area (Å²) in [6.45, 7) is 3.60. The van der Waals surface area contributed by atoms with Gasteiger partial charge < -0.3 is 24.7 Å². The van der Waals surface area contributed by atoms with Crippen LogP contribution in [0.15, 0.2) is 4.42 Å². The van der Waals surface area contributed by atoms with E-state index in [4.69, 9.17) is 9.15 Å². The van der Waals surface area contributed by atoms with Gasteiger partial charge in [0.2, 0.25) is 11.8 Å². The molecule has 1 fully saturated rings. The predicted octanol–water partition coefficient (Wildman–Crippen LogP) is -0.550. The lowest BCUT2D eigenvalue weighted by molar-refractivity contribution is -0.134. The molecule has 0 radical (unpaired) electrons. The van der Waals surface area contributed by atoms with Crippen molar-refractivity contribution < 1.29 is 13.9 Å². The number of amides is 1. The van der Waals surface area contributed by atoms with Crippen molar-refractivity contribution in [3.05, 3.63) is 5.89 Å². The largest absolute Gasteiger partial charge is 0.407 e. The number of rotatable bonds is 6. The lowest BCUT2D eigenvalue weighted by Gasteiger charge is -2.26. The normalized spacial score (nSPS) is 15.5. The Kier molecular flexibility index (Phi) is 5.10. The van der Waals surface area contributed by atoms with E-state index < -0.39 is 0 Å². The van der Waals surface area contributed by atoms with Gasteiger partial charge in [0.15, 0.2) is 0 Å². The molecule has 1 aliphatic heterocycles. The second-order valence-electron chi connectivity index (χ2n) is 4.20. The van der Waals surface area contributed by atoms with E-state index in [0.29, 0.717) is 57.7 Å². The van der Waals surface area contributed by atoms with Gasteiger partial charge in [-0.3, -0.25) is 4.79 Å². The van der Waals surface area contributed by atoms with Crippen LogP contribution in [-0.4, -0.2) is 60.9 Å². The fraction of sp³-hybridized carbons (Fsp3) is 0.727. The van der Waals surface area contributed by atoms with Crippen LogP contribution in [0, 0.1) is 0 Å². The third-order valence-electron chi connectivity index (χ3n) is 2.77. The molecular formula is C11H19N5O3. The Morgan fingerprint density at radius 2 is 2.16 bits per heavy atom. The quantitative estimate of drug-likeness (QED) is 0.715. The molecule has 0 aliphatic carbocycles. The number of carbonyl (C=O) groups excluding carboxylic acids is 1. The molecule has 0 bridgehead atoms. The Labute approximate surface area is 111 Å². The van der Waals surface area contributed by atoms with Crippen LogP contribution >= 0.6 is 0 Å². The fourth-order valence-corrected chi connectivity index (χ4v) is 1.79. The first-order chi connectivity index (χ1) is 9.29. The van der Waals surface area contributed by atoms with Crippen molar-refractivity contribution in [1.82, 2.24) is 20.4 Å². The Hall–Kier alpha value is -1.67. The molecule has 1 aromatic heterocycles. The molecule has 2 N–H and O–H groups in total. The van der Waals surface area contributed by atoms with E-state index in [0.717, 1.165) is 0 Å². The minimum absolute atomic E-state index is 0.116. The number of hydrogen-bond acceptors (Lipinski definition) is 7. The summed E-state index contributed by atoms with van der Waals surface area (Å²) in [6, 6.07) is 0.347. The summed E-state index contributed by atoms with van der Waals surface area (Å²) in [6.07, 6.45) is 0.406. The molecule has 8 nitrogen and oxygen atoms in total. The molecule has 1 aromatic rings. The Morgan fingerprint density at radius 3 is 2.89 bits per heavy atom. The van der Waals surface area contributed by atoms with Crippen LogP contribution in [0.5, 0.6) is 0 Å². The average molecular weight is 269 g/mol. The summed E-state index contributed by atoms with van der Waals surface area (Å²) in [5.74, 6) is 0.635. The molecule has 19 heavy (non-hydrogen) atoms. The minimum Gasteiger partial charge on any atom is -0.407 e. The molecule has 2 rings (SSSR count). The summed E-state index contributed by atoms with van der Waals surface area (Å²) in [7, 11) is 1.80. The molecular weight excluding hydrogens is 250 g/mol. The van der Waals surface area contributed by atoms with Crippen LogP contribution in [0.4, 0.5) is 6.01 Å². The number of aromatic nitrogens is 2. The summed E-state index contributed by atoms with van der Waals surface area (Å²) in [5.41, 5.74) is 0. The molecule has 0 aromatic carbocycles. The number of morpholine rings is 1. The monoisotopic (exact) mass is 269 g/mol. The first-order valence-electron chi connectivity index (χ1n) is 6.36. The van der Waals surface area contributed by atoms with Gasteiger partial charge in [0.1, 0.15) is 0 Å². The highest BCUT2D eigenvalue weighted by atomic mass is 16.5. The van der Waals surface area contributed by atoms with E-state index in [-0.39, 0.29) is 5.91 Å². The van der Waals surface area contributed by atoms with Crippen molar-refractivity contribution in [1.29, 1.82) is 0 Å². The standard InChI is InChI=1S/C11H19N5O3/c1-12-8-9-14-15-11(19-9)13-3-2-10(17)16-4-6-18-7-5-16/h12H,2-8H2,1H3,(H,13,15). The first kappa shape index (κ1) is 13.8. The third-order valence-corrected chi connectivity index (χ3v) is 2.77. The molecule has 1 saturated heterocycles. The Bertz CT molecular complexity index is 403. The molecule has 0 spiro atoms. The van der Waals surface area contributed by atoms with Crippen molar-refractivity contribution in [2.45, 2.75) is 13.0 Å². The first-order valence-corrected chi connectivity index (χ1v) is 6.36. The van der Waals surface area contributed by atoms with Crippen LogP contribution < -0.4 is 10.6 Å². The summed E-state index contributed by atoms with van der Waals surface area (Å²) >= 11 is 0. The second-order valence-corrected chi connectivity index (χ2v) is 4.20. The lowest BCUT2D eigenvalue weighted by Crippen LogP contribution is -2.41. The number of carbonyl (C=O) groups is 1. The van der Waals surface area contributed by atoms with Gasteiger partial charge in [-0.25, -0.2) is 0 Å². The van der Waals surface area contributed by atoms with Gasteiger partial charge >= 0.3 is 6.01 Å². The van der Waals surface area contributed by atoms with Crippen molar-refractivity contribution in [2.75, 3.05) is 45.2 Å². The zero-order chi connectivity index (χ0) is 13.5. The number of nitrogens with one attached hydrogen (secondary N) is 2. The molecule has 2 heterocycles. The Morgan fingerprint density at radius 1 is 1.37 bits per heavy atom. The summed E-state index contributed by atoms with van der Waals surface area (Å²) < 4.78 is 10.5. The lowest BCUT2D eigenvalue weighted by atomic mass is 10.3. The van der Waals surface area contributed by atoms with Crippen molar-refractivity contribution in [2.24, 2.45) is 0 Å². The van der Waals surface area contributed by atoms with E-state index in [1.54, 1.807) is 7.05 Å². The maximum Gasteiger partial charge on any atom is 0.315 e. The van der Waals surface area contributed by atoms with Gasteiger partial charge in [-0.05, 0) is 7.05 Å². The fourth-order valence-electron chi connectivity index (χ4n) is 1.79. The zero-order valence-corrected chi connectivity index (χ0v) is 11.0. The molecule has 1 amide bonds. The van der Waals surface area contributed by atoms with E-state index in [2.05, 4.69) is 20.8 Å². The third kappa shape index (κ3) is 4.18. The number of ether oxygens (including phenoxy) is 1. The molecule has 0 saturated carbocycles. The maximum atomic E-state index is 11.8. The molecule has 8 heteroatoms. The number of anilines is 1. The summed E-state index contributed by atoms with van der Waals surface area (Å²) in [4.78, 5) is 13.7. The molecule has 0 unspecified atom stereocenters. The highest BCUT2D eigenvalue weighted by molar-refractivity contribution is 5.76. The number of nitrogens with zero attached hydrogens (tertiary/aromatic N) is 3. The molecule has 0 atom stereocenters. The highest BCUT2D eigenvalue weighted by Crippen LogP contribution is 2.06. The minimum atomic E-state index is 0.116. The van der Waals surface area contributed by atoms with Crippen LogP contribution in [0.1, 0.15) is 12.3 Å². The van der Waals surface area contributed by atoms with Crippen molar-refractivity contribution >= 4 is 11.9 Å². The average Bonchev–Trinajstić information content (AvgIpc) is 2.88. The second kappa shape index (κ2) is 7.05. The summed E-state index contributed by atoms with van der Waals surface area (Å²) in [5, 5.41) is 13.5. The van der Waals surface area contributed by atoms with Gasteiger partial charge in [0.05, 0.1) is 19.8 Å². The van der Waals surface area contributed by atoms with E-state index >= 15 is 0 Å². The topological polar surface area (TPSA) is 92.5 Å². The van der Waals surface area contributed by atoms with E-state index in [1.807, 2.05) is 4.90 Å². The molecule has 106 valence electrons. The van der Waals surface area contributed by atoms with Gasteiger partial charge in [-0.15, -0.1) is 5.10 Å². The van der Waals surface area contributed by atoms with Crippen LogP contribution in [0.2, 0.25) is 0 Å². The van der Waals surface area contributed by atoms with Crippen LogP contribution in [0.25, 0.3) is 0 Å². The van der Waals surface area contributed by atoms with Gasteiger partial charge in [-0.2, -0.15) is 0 Å². The van der Waals surface area contributed by atoms with Crippen LogP contribution in [-0.2, 0) is 16.1 Å². The van der Waals surface area contributed by atoms with Crippen molar-refractivity contribution in [3.63, 3.8) is 0 Å². The Balaban J connectivity index is 1.68. The number of hydrogen-bond donors (Lipinski definition) is 2. The highest BCUT2D eigenvalue weighted by Gasteiger charge is 2.16. The maximum absolute atomic E-state index is 11.8. The van der Waals surface area contributed by atoms with E-state index in [1.165, 1.54) is 0 Å². The van der Waals surface area contributed by atoms with Gasteiger partial charge in [0.25, 0.3) is 0 Å². The SMILES string of the molecule is CNCc1nnc(NCCC(=O)N2CCOCC2)o1. The van der Waals surface area contributed by atoms with Crippen molar-refractivity contribution in [3.8, 4) is 0 Å². The molecule has 1 aliphatic rings. The zero-order valence-electron chi connectivity index (χ0n) is 11.0. The predicted molar refractivity (Wildman–Crippen MR) is 67.6 cm³/mol.